The number of halogens is 2. The normalized spacial score (nSPS) is 27.9. The van der Waals surface area contributed by atoms with E-state index in [-0.39, 0.29) is 50.8 Å². The van der Waals surface area contributed by atoms with E-state index in [1.807, 2.05) is 0 Å². The van der Waals surface area contributed by atoms with Crippen LogP contribution in [0.4, 0.5) is 14.6 Å². The summed E-state index contributed by atoms with van der Waals surface area (Å²) in [6, 6.07) is 7.45. The predicted molar refractivity (Wildman–Crippen MR) is 187 cm³/mol. The lowest BCUT2D eigenvalue weighted by Crippen LogP contribution is -2.51. The molecule has 4 bridgehead atoms. The Morgan fingerprint density at radius 2 is 1.82 bits per heavy atom. The van der Waals surface area contributed by atoms with Crippen LogP contribution in [0, 0.1) is 41.2 Å². The number of aromatic hydroxyl groups is 1. The monoisotopic (exact) mass is 680 g/mol. The number of benzene rings is 2. The second kappa shape index (κ2) is 11.9. The van der Waals surface area contributed by atoms with Crippen molar-refractivity contribution in [1.29, 1.82) is 0 Å². The van der Waals surface area contributed by atoms with E-state index in [9.17, 15) is 9.50 Å². The minimum atomic E-state index is -0.757. The number of nitrogens with one attached hydrogen (secondary N) is 2. The first kappa shape index (κ1) is 31.7. The number of phenolic OH excluding ortho intramolecular Hbond substituents is 1. The van der Waals surface area contributed by atoms with E-state index in [0.29, 0.717) is 66.4 Å². The molecule has 50 heavy (non-hydrogen) atoms. The van der Waals surface area contributed by atoms with E-state index in [4.69, 9.17) is 25.9 Å². The number of piperidine rings is 1. The van der Waals surface area contributed by atoms with Gasteiger partial charge < -0.3 is 30.1 Å². The van der Waals surface area contributed by atoms with Gasteiger partial charge in [-0.2, -0.15) is 9.97 Å². The molecule has 0 amide bonds. The minimum absolute atomic E-state index is 0.0124. The van der Waals surface area contributed by atoms with Crippen LogP contribution in [0.25, 0.3) is 32.9 Å². The molecule has 0 spiro atoms. The third-order valence-electron chi connectivity index (χ3n) is 12.1. The zero-order chi connectivity index (χ0) is 34.3. The summed E-state index contributed by atoms with van der Waals surface area (Å²) in [5.41, 5.74) is -0.0152. The van der Waals surface area contributed by atoms with Crippen LogP contribution in [-0.4, -0.2) is 71.0 Å². The quantitative estimate of drug-likeness (QED) is 0.191. The minimum Gasteiger partial charge on any atom is -0.508 e. The summed E-state index contributed by atoms with van der Waals surface area (Å²) in [6.45, 7) is 4.21. The SMILES string of the molecule is C#Cc1c(F)ccc2cc(O)cc(-c3nc(OC)c4c(N5CC6CCC(C5)N6)nc(OCC5(CC6CC7CC(C)C(C6)N7)CC5)nc4c3F)c12. The van der Waals surface area contributed by atoms with E-state index in [0.717, 1.165) is 38.0 Å². The Kier molecular flexibility index (Phi) is 7.55. The molecule has 1 saturated carbocycles. The van der Waals surface area contributed by atoms with Crippen molar-refractivity contribution in [3.05, 3.63) is 41.5 Å². The fraction of sp³-hybridized carbons (Fsp3) is 0.513. The van der Waals surface area contributed by atoms with Crippen LogP contribution < -0.4 is 25.0 Å². The van der Waals surface area contributed by atoms with Gasteiger partial charge in [0.2, 0.25) is 5.88 Å². The Hall–Kier alpha value is -4.27. The number of piperazine rings is 1. The standard InChI is InChI=1S/C39H42F2N6O3/c1-4-27-29(40)8-5-22-14-26(48)15-28(31(22)27)34-33(41)35-32(37(44-34)49-3)36(47-17-23-6-7-24(18-47)42-23)46-38(45-35)50-19-39(9-10-39)16-21-12-25-11-20(2)30(13-21)43-25/h1,5,8,14-15,20-21,23-25,30,42-43,48H,6-7,9-13,16-19H2,2-3H3. The highest BCUT2D eigenvalue weighted by atomic mass is 19.1. The van der Waals surface area contributed by atoms with Gasteiger partial charge >= 0.3 is 6.01 Å². The van der Waals surface area contributed by atoms with Gasteiger partial charge in [0.25, 0.3) is 0 Å². The van der Waals surface area contributed by atoms with Gasteiger partial charge in [-0.3, -0.25) is 0 Å². The molecule has 4 saturated heterocycles. The molecule has 4 aliphatic heterocycles. The van der Waals surface area contributed by atoms with Gasteiger partial charge in [-0.1, -0.05) is 18.9 Å². The van der Waals surface area contributed by atoms with Gasteiger partial charge in [-0.15, -0.1) is 6.42 Å². The van der Waals surface area contributed by atoms with Crippen molar-refractivity contribution in [2.45, 2.75) is 82.5 Å². The predicted octanol–water partition coefficient (Wildman–Crippen LogP) is 6.09. The number of hydrogen-bond donors (Lipinski definition) is 3. The molecule has 6 atom stereocenters. The number of ether oxygens (including phenoxy) is 2. The number of rotatable bonds is 8. The summed E-state index contributed by atoms with van der Waals surface area (Å²) in [7, 11) is 1.47. The maximum absolute atomic E-state index is 17.1. The van der Waals surface area contributed by atoms with Crippen LogP contribution in [0.1, 0.15) is 63.9 Å². The van der Waals surface area contributed by atoms with Crippen molar-refractivity contribution in [3.8, 4) is 41.2 Å². The Morgan fingerprint density at radius 1 is 1.02 bits per heavy atom. The number of fused-ring (bicyclic) bond motifs is 6. The lowest BCUT2D eigenvalue weighted by Gasteiger charge is -2.34. The Balaban J connectivity index is 1.14. The van der Waals surface area contributed by atoms with Crippen molar-refractivity contribution in [2.24, 2.45) is 17.3 Å². The zero-order valence-corrected chi connectivity index (χ0v) is 28.4. The van der Waals surface area contributed by atoms with Crippen LogP contribution in [0.2, 0.25) is 0 Å². The van der Waals surface area contributed by atoms with Gasteiger partial charge in [0.1, 0.15) is 34.0 Å². The first-order valence-corrected chi connectivity index (χ1v) is 18.0. The molecule has 0 radical (unpaired) electrons. The molecule has 5 fully saturated rings. The van der Waals surface area contributed by atoms with Crippen molar-refractivity contribution < 1.29 is 23.4 Å². The molecule has 2 aromatic heterocycles. The van der Waals surface area contributed by atoms with E-state index in [1.165, 1.54) is 50.6 Å². The topological polar surface area (TPSA) is 105 Å². The fourth-order valence-electron chi connectivity index (χ4n) is 9.50. The molecule has 6 unspecified atom stereocenters. The van der Waals surface area contributed by atoms with Crippen LogP contribution in [0.5, 0.6) is 17.6 Å². The van der Waals surface area contributed by atoms with Gasteiger partial charge in [0.15, 0.2) is 5.82 Å². The maximum Gasteiger partial charge on any atom is 0.319 e. The number of hydrogen-bond acceptors (Lipinski definition) is 9. The molecule has 3 N–H and O–H groups in total. The summed E-state index contributed by atoms with van der Waals surface area (Å²) in [5.74, 6) is 2.90. The van der Waals surface area contributed by atoms with Crippen molar-refractivity contribution in [2.75, 3.05) is 31.7 Å². The average Bonchev–Trinajstić information content (AvgIpc) is 3.71. The van der Waals surface area contributed by atoms with Gasteiger partial charge in [-0.05, 0) is 86.8 Å². The lowest BCUT2D eigenvalue weighted by atomic mass is 9.83. The first-order valence-electron chi connectivity index (χ1n) is 18.0. The zero-order valence-electron chi connectivity index (χ0n) is 28.4. The summed E-state index contributed by atoms with van der Waals surface area (Å²) in [5, 5.41) is 19.2. The van der Waals surface area contributed by atoms with Crippen molar-refractivity contribution in [3.63, 3.8) is 0 Å². The smallest absolute Gasteiger partial charge is 0.319 e. The molecule has 9 nitrogen and oxygen atoms in total. The van der Waals surface area contributed by atoms with E-state index < -0.39 is 11.6 Å². The second-order valence-electron chi connectivity index (χ2n) is 15.6. The molecule has 11 heteroatoms. The number of anilines is 1. The van der Waals surface area contributed by atoms with Gasteiger partial charge in [0, 0.05) is 53.6 Å². The van der Waals surface area contributed by atoms with E-state index >= 15 is 4.39 Å². The van der Waals surface area contributed by atoms with Crippen molar-refractivity contribution >= 4 is 27.5 Å². The third-order valence-corrected chi connectivity index (χ3v) is 12.1. The number of pyridine rings is 1. The summed E-state index contributed by atoms with van der Waals surface area (Å²) in [6.07, 6.45) is 14.8. The number of aromatic nitrogens is 3. The molecule has 4 aromatic rings. The maximum atomic E-state index is 17.1. The highest BCUT2D eigenvalue weighted by Gasteiger charge is 2.48. The van der Waals surface area contributed by atoms with Crippen LogP contribution >= 0.6 is 0 Å². The molecule has 260 valence electrons. The molecule has 1 aliphatic carbocycles. The highest BCUT2D eigenvalue weighted by Crippen LogP contribution is 2.53. The third kappa shape index (κ3) is 5.39. The van der Waals surface area contributed by atoms with E-state index in [2.05, 4.69) is 33.4 Å². The Labute approximate surface area is 290 Å². The Bertz CT molecular complexity index is 2050. The van der Waals surface area contributed by atoms with Crippen LogP contribution in [0.15, 0.2) is 24.3 Å². The van der Waals surface area contributed by atoms with Crippen LogP contribution in [-0.2, 0) is 0 Å². The lowest BCUT2D eigenvalue weighted by molar-refractivity contribution is 0.166. The van der Waals surface area contributed by atoms with Gasteiger partial charge in [0.05, 0.1) is 19.3 Å². The van der Waals surface area contributed by atoms with Crippen molar-refractivity contribution in [1.82, 2.24) is 25.6 Å². The molecule has 5 aliphatic rings. The van der Waals surface area contributed by atoms with E-state index in [1.54, 1.807) is 0 Å². The number of methoxy groups -OCH3 is 1. The summed E-state index contributed by atoms with van der Waals surface area (Å²) in [4.78, 5) is 16.5. The van der Waals surface area contributed by atoms with Gasteiger partial charge in [-0.25, -0.2) is 13.8 Å². The molecule has 6 heterocycles. The summed E-state index contributed by atoms with van der Waals surface area (Å²) >= 11 is 0. The molecule has 9 rings (SSSR count). The summed E-state index contributed by atoms with van der Waals surface area (Å²) < 4.78 is 44.4. The largest absolute Gasteiger partial charge is 0.508 e. The average molecular weight is 681 g/mol. The number of terminal acetylenes is 1. The number of phenols is 1. The molecular weight excluding hydrogens is 638 g/mol. The second-order valence-corrected chi connectivity index (χ2v) is 15.6. The Morgan fingerprint density at radius 3 is 2.54 bits per heavy atom. The molecule has 2 aromatic carbocycles. The van der Waals surface area contributed by atoms with Crippen LogP contribution in [0.3, 0.4) is 0 Å². The highest BCUT2D eigenvalue weighted by molar-refractivity contribution is 6.04. The fourth-order valence-corrected chi connectivity index (χ4v) is 9.50. The first-order chi connectivity index (χ1) is 24.2. The molecular formula is C39H42F2N6O3. The number of nitrogens with zero attached hydrogens (tertiary/aromatic N) is 4.